The fourth-order valence-corrected chi connectivity index (χ4v) is 2.79. The van der Waals surface area contributed by atoms with Crippen molar-refractivity contribution in [3.05, 3.63) is 0 Å². The summed E-state index contributed by atoms with van der Waals surface area (Å²) in [5.74, 6) is 2.58. The second kappa shape index (κ2) is 10.7. The van der Waals surface area contributed by atoms with Crippen LogP contribution in [0.15, 0.2) is 4.99 Å². The molecule has 1 saturated carbocycles. The summed E-state index contributed by atoms with van der Waals surface area (Å²) in [4.78, 5) is 4.64. The minimum atomic E-state index is -0.155. The van der Waals surface area contributed by atoms with E-state index in [1.165, 1.54) is 25.7 Å². The first-order valence-corrected chi connectivity index (χ1v) is 8.53. The standard InChI is InChI=1S/C17H35N3O.HI/c1-6-18-16(19-11-17(4,5)12-21)20-15-9-7-14(8-10-15)13(2)3;/h13-15,21H,6-12H2,1-5H3,(H2,18,19,20);1H. The van der Waals surface area contributed by atoms with Crippen LogP contribution in [0.3, 0.4) is 0 Å². The Bertz CT molecular complexity index is 324. The Balaban J connectivity index is 0.00000441. The zero-order valence-corrected chi connectivity index (χ0v) is 17.3. The average Bonchev–Trinajstić information content (AvgIpc) is 2.46. The first-order chi connectivity index (χ1) is 9.88. The van der Waals surface area contributed by atoms with Gasteiger partial charge < -0.3 is 15.7 Å². The highest BCUT2D eigenvalue weighted by molar-refractivity contribution is 14.0. The molecule has 5 heteroatoms. The summed E-state index contributed by atoms with van der Waals surface area (Å²) >= 11 is 0. The number of aliphatic imine (C=N–C) groups is 1. The lowest BCUT2D eigenvalue weighted by atomic mass is 9.80. The SMILES string of the molecule is CCNC(=NCC(C)(C)CO)NC1CCC(C(C)C)CC1.I. The Kier molecular flexibility index (Phi) is 10.7. The normalized spacial score (nSPS) is 23.1. The Morgan fingerprint density at radius 1 is 1.23 bits per heavy atom. The minimum Gasteiger partial charge on any atom is -0.396 e. The lowest BCUT2D eigenvalue weighted by Gasteiger charge is -2.32. The molecule has 1 aliphatic rings. The molecule has 0 aromatic rings. The van der Waals surface area contributed by atoms with Gasteiger partial charge in [0.1, 0.15) is 0 Å². The maximum Gasteiger partial charge on any atom is 0.191 e. The quantitative estimate of drug-likeness (QED) is 0.347. The summed E-state index contributed by atoms with van der Waals surface area (Å²) in [5.41, 5.74) is -0.155. The van der Waals surface area contributed by atoms with Gasteiger partial charge in [-0.1, -0.05) is 27.7 Å². The molecule has 0 atom stereocenters. The average molecular weight is 425 g/mol. The zero-order chi connectivity index (χ0) is 15.9. The van der Waals surface area contributed by atoms with Crippen LogP contribution >= 0.6 is 24.0 Å². The van der Waals surface area contributed by atoms with Gasteiger partial charge in [0.25, 0.3) is 0 Å². The van der Waals surface area contributed by atoms with Gasteiger partial charge in [0, 0.05) is 24.6 Å². The molecular weight excluding hydrogens is 389 g/mol. The largest absolute Gasteiger partial charge is 0.396 e. The molecule has 0 amide bonds. The number of hydrogen-bond acceptors (Lipinski definition) is 2. The van der Waals surface area contributed by atoms with E-state index in [4.69, 9.17) is 0 Å². The summed E-state index contributed by atoms with van der Waals surface area (Å²) in [7, 11) is 0. The summed E-state index contributed by atoms with van der Waals surface area (Å²) in [6.45, 7) is 12.5. The van der Waals surface area contributed by atoms with E-state index in [-0.39, 0.29) is 36.0 Å². The van der Waals surface area contributed by atoms with E-state index in [2.05, 4.69) is 36.4 Å². The molecular formula is C17H36IN3O. The molecule has 0 aliphatic heterocycles. The molecule has 0 radical (unpaired) electrons. The number of guanidine groups is 1. The van der Waals surface area contributed by atoms with Crippen molar-refractivity contribution in [1.29, 1.82) is 0 Å². The van der Waals surface area contributed by atoms with E-state index in [1.54, 1.807) is 0 Å². The Hall–Kier alpha value is -0.0400. The van der Waals surface area contributed by atoms with Crippen molar-refractivity contribution in [3.8, 4) is 0 Å². The van der Waals surface area contributed by atoms with Gasteiger partial charge in [-0.05, 0) is 44.4 Å². The highest BCUT2D eigenvalue weighted by atomic mass is 127. The zero-order valence-electron chi connectivity index (χ0n) is 15.0. The molecule has 0 spiro atoms. The number of aliphatic hydroxyl groups excluding tert-OH is 1. The molecule has 1 rings (SSSR count). The van der Waals surface area contributed by atoms with Crippen LogP contribution in [-0.2, 0) is 0 Å². The number of nitrogens with zero attached hydrogens (tertiary/aromatic N) is 1. The summed E-state index contributed by atoms with van der Waals surface area (Å²) in [5, 5.41) is 16.2. The topological polar surface area (TPSA) is 56.7 Å². The van der Waals surface area contributed by atoms with Crippen molar-refractivity contribution in [2.75, 3.05) is 19.7 Å². The third-order valence-electron chi connectivity index (χ3n) is 4.49. The van der Waals surface area contributed by atoms with Gasteiger partial charge >= 0.3 is 0 Å². The Morgan fingerprint density at radius 2 is 1.82 bits per heavy atom. The molecule has 132 valence electrons. The predicted octanol–water partition coefficient (Wildman–Crippen LogP) is 3.39. The maximum absolute atomic E-state index is 9.33. The fourth-order valence-electron chi connectivity index (χ4n) is 2.79. The van der Waals surface area contributed by atoms with E-state index in [1.807, 2.05) is 13.8 Å². The number of rotatable bonds is 6. The summed E-state index contributed by atoms with van der Waals surface area (Å²) in [6, 6.07) is 0.537. The van der Waals surface area contributed by atoms with Gasteiger partial charge in [-0.2, -0.15) is 0 Å². The van der Waals surface area contributed by atoms with Gasteiger partial charge in [0.15, 0.2) is 5.96 Å². The fraction of sp³-hybridized carbons (Fsp3) is 0.941. The van der Waals surface area contributed by atoms with Gasteiger partial charge in [0.05, 0.1) is 6.54 Å². The lowest BCUT2D eigenvalue weighted by Crippen LogP contribution is -2.45. The molecule has 0 heterocycles. The summed E-state index contributed by atoms with van der Waals surface area (Å²) in [6.07, 6.45) is 5.10. The number of nitrogens with one attached hydrogen (secondary N) is 2. The molecule has 0 saturated heterocycles. The lowest BCUT2D eigenvalue weighted by molar-refractivity contribution is 0.167. The van der Waals surface area contributed by atoms with Crippen molar-refractivity contribution in [2.24, 2.45) is 22.2 Å². The van der Waals surface area contributed by atoms with Crippen LogP contribution in [0.25, 0.3) is 0 Å². The van der Waals surface area contributed by atoms with Crippen LogP contribution in [0.5, 0.6) is 0 Å². The van der Waals surface area contributed by atoms with Crippen molar-refractivity contribution >= 4 is 29.9 Å². The monoisotopic (exact) mass is 425 g/mol. The molecule has 0 aromatic carbocycles. The van der Waals surface area contributed by atoms with Gasteiger partial charge in [0.2, 0.25) is 0 Å². The molecule has 0 bridgehead atoms. The third kappa shape index (κ3) is 7.99. The van der Waals surface area contributed by atoms with E-state index in [0.29, 0.717) is 12.6 Å². The Morgan fingerprint density at radius 3 is 2.27 bits per heavy atom. The van der Waals surface area contributed by atoms with Crippen molar-refractivity contribution < 1.29 is 5.11 Å². The highest BCUT2D eigenvalue weighted by Gasteiger charge is 2.24. The van der Waals surface area contributed by atoms with E-state index in [0.717, 1.165) is 24.3 Å². The molecule has 0 aromatic heterocycles. The molecule has 1 fully saturated rings. The van der Waals surface area contributed by atoms with Crippen LogP contribution in [0.2, 0.25) is 0 Å². The van der Waals surface area contributed by atoms with E-state index >= 15 is 0 Å². The molecule has 3 N–H and O–H groups in total. The second-order valence-corrected chi connectivity index (χ2v) is 7.52. The first-order valence-electron chi connectivity index (χ1n) is 8.53. The molecule has 0 unspecified atom stereocenters. The highest BCUT2D eigenvalue weighted by Crippen LogP contribution is 2.29. The number of halogens is 1. The minimum absolute atomic E-state index is 0. The van der Waals surface area contributed by atoms with E-state index in [9.17, 15) is 5.11 Å². The van der Waals surface area contributed by atoms with Crippen molar-refractivity contribution in [2.45, 2.75) is 66.3 Å². The van der Waals surface area contributed by atoms with Crippen LogP contribution in [0.1, 0.15) is 60.3 Å². The Labute approximate surface area is 154 Å². The molecule has 22 heavy (non-hydrogen) atoms. The van der Waals surface area contributed by atoms with Gasteiger partial charge in [-0.15, -0.1) is 24.0 Å². The number of aliphatic hydroxyl groups is 1. The van der Waals surface area contributed by atoms with Crippen molar-refractivity contribution in [1.82, 2.24) is 10.6 Å². The van der Waals surface area contributed by atoms with Gasteiger partial charge in [-0.25, -0.2) is 0 Å². The third-order valence-corrected chi connectivity index (χ3v) is 4.49. The smallest absolute Gasteiger partial charge is 0.191 e. The predicted molar refractivity (Wildman–Crippen MR) is 106 cm³/mol. The molecule has 1 aliphatic carbocycles. The van der Waals surface area contributed by atoms with Crippen molar-refractivity contribution in [3.63, 3.8) is 0 Å². The molecule has 4 nitrogen and oxygen atoms in total. The van der Waals surface area contributed by atoms with E-state index < -0.39 is 0 Å². The van der Waals surface area contributed by atoms with Crippen LogP contribution in [0.4, 0.5) is 0 Å². The summed E-state index contributed by atoms with van der Waals surface area (Å²) < 4.78 is 0. The van der Waals surface area contributed by atoms with Crippen LogP contribution in [-0.4, -0.2) is 36.8 Å². The van der Waals surface area contributed by atoms with Crippen LogP contribution < -0.4 is 10.6 Å². The maximum atomic E-state index is 9.33. The van der Waals surface area contributed by atoms with Crippen LogP contribution in [0, 0.1) is 17.3 Å². The second-order valence-electron chi connectivity index (χ2n) is 7.52. The number of hydrogen-bond donors (Lipinski definition) is 3. The van der Waals surface area contributed by atoms with Gasteiger partial charge in [-0.3, -0.25) is 4.99 Å². The first kappa shape index (κ1) is 22.0.